The Labute approximate surface area is 205 Å². The largest absolute Gasteiger partial charge is 0.272 e. The number of halogens is 2. The van der Waals surface area contributed by atoms with E-state index in [2.05, 4.69) is 20.7 Å². The van der Waals surface area contributed by atoms with E-state index < -0.39 is 0 Å². The van der Waals surface area contributed by atoms with E-state index in [4.69, 9.17) is 23.2 Å². The quantitative estimate of drug-likeness (QED) is 0.200. The summed E-state index contributed by atoms with van der Waals surface area (Å²) in [6, 6.07) is 22.9. The lowest BCUT2D eigenvalue weighted by Crippen LogP contribution is -2.20. The van der Waals surface area contributed by atoms with Gasteiger partial charge in [0.05, 0.1) is 17.0 Å². The molecule has 0 spiro atoms. The van der Waals surface area contributed by atoms with E-state index in [0.29, 0.717) is 26.6 Å². The highest BCUT2D eigenvalue weighted by molar-refractivity contribution is 7.99. The van der Waals surface area contributed by atoms with Gasteiger partial charge in [0.2, 0.25) is 0 Å². The van der Waals surface area contributed by atoms with Crippen LogP contribution in [0.15, 0.2) is 83.1 Å². The average molecular weight is 496 g/mol. The van der Waals surface area contributed by atoms with Crippen LogP contribution in [0.5, 0.6) is 0 Å². The van der Waals surface area contributed by atoms with E-state index >= 15 is 0 Å². The van der Waals surface area contributed by atoms with Crippen molar-refractivity contribution in [1.29, 1.82) is 0 Å². The van der Waals surface area contributed by atoms with Gasteiger partial charge in [0, 0.05) is 21.8 Å². The number of benzene rings is 3. The number of rotatable bonds is 7. The molecule has 4 aromatic rings. The molecule has 0 saturated heterocycles. The van der Waals surface area contributed by atoms with E-state index in [1.807, 2.05) is 66.1 Å². The number of hydrogen-bond donors (Lipinski definition) is 1. The predicted molar refractivity (Wildman–Crippen MR) is 134 cm³/mol. The van der Waals surface area contributed by atoms with Crippen molar-refractivity contribution in [3.05, 3.63) is 94.0 Å². The first-order chi connectivity index (χ1) is 16.0. The van der Waals surface area contributed by atoms with Gasteiger partial charge in [0.15, 0.2) is 11.0 Å². The van der Waals surface area contributed by atoms with Gasteiger partial charge < -0.3 is 0 Å². The van der Waals surface area contributed by atoms with Gasteiger partial charge in [0.1, 0.15) is 0 Å². The fourth-order valence-corrected chi connectivity index (χ4v) is 4.21. The molecule has 0 aliphatic carbocycles. The van der Waals surface area contributed by atoms with E-state index in [1.54, 1.807) is 18.2 Å². The van der Waals surface area contributed by atoms with Crippen molar-refractivity contribution in [1.82, 2.24) is 20.2 Å². The highest BCUT2D eigenvalue weighted by Crippen LogP contribution is 2.28. The molecule has 4 rings (SSSR count). The van der Waals surface area contributed by atoms with E-state index in [-0.39, 0.29) is 11.7 Å². The third kappa shape index (κ3) is 5.82. The van der Waals surface area contributed by atoms with Crippen molar-refractivity contribution in [2.24, 2.45) is 5.10 Å². The molecular formula is C24H19Cl2N5OS. The van der Waals surface area contributed by atoms with Crippen LogP contribution in [-0.2, 0) is 4.79 Å². The second-order valence-electron chi connectivity index (χ2n) is 7.09. The minimum absolute atomic E-state index is 0.116. The fraction of sp³-hybridized carbons (Fsp3) is 0.0833. The Morgan fingerprint density at radius 2 is 1.82 bits per heavy atom. The molecule has 0 radical (unpaired) electrons. The molecule has 9 heteroatoms. The molecular weight excluding hydrogens is 477 g/mol. The Balaban J connectivity index is 1.49. The fourth-order valence-electron chi connectivity index (χ4n) is 3.01. The van der Waals surface area contributed by atoms with Gasteiger partial charge in [-0.3, -0.25) is 9.36 Å². The Hall–Kier alpha value is -3.13. The van der Waals surface area contributed by atoms with Crippen LogP contribution >= 0.6 is 35.0 Å². The smallest absolute Gasteiger partial charge is 0.250 e. The summed E-state index contributed by atoms with van der Waals surface area (Å²) in [4.78, 5) is 12.4. The van der Waals surface area contributed by atoms with Crippen LogP contribution in [0.3, 0.4) is 0 Å². The van der Waals surface area contributed by atoms with E-state index in [9.17, 15) is 4.79 Å². The number of nitrogens with one attached hydrogen (secondary N) is 1. The maximum absolute atomic E-state index is 12.4. The molecule has 3 aromatic carbocycles. The molecule has 0 unspecified atom stereocenters. The van der Waals surface area contributed by atoms with Gasteiger partial charge in [-0.15, -0.1) is 10.2 Å². The standard InChI is InChI=1S/C24H19Cl2N5OS/c1-16-7-9-17(10-8-16)23-29-30-24(31(23)20-5-3-2-4-6-20)33-15-22(32)28-27-14-18-11-12-19(25)13-21(18)26/h2-14H,15H2,1H3,(H,28,32). The summed E-state index contributed by atoms with van der Waals surface area (Å²) in [7, 11) is 0. The highest BCUT2D eigenvalue weighted by atomic mass is 35.5. The third-order valence-corrected chi connectivity index (χ3v) is 6.14. The summed E-state index contributed by atoms with van der Waals surface area (Å²) in [5, 5.41) is 14.3. The molecule has 6 nitrogen and oxygen atoms in total. The van der Waals surface area contributed by atoms with Crippen molar-refractivity contribution in [3.8, 4) is 17.1 Å². The summed E-state index contributed by atoms with van der Waals surface area (Å²) in [5.41, 5.74) is 6.18. The van der Waals surface area contributed by atoms with E-state index in [0.717, 1.165) is 16.8 Å². The zero-order valence-corrected chi connectivity index (χ0v) is 19.9. The third-order valence-electron chi connectivity index (χ3n) is 4.65. The van der Waals surface area contributed by atoms with Crippen molar-refractivity contribution in [2.45, 2.75) is 12.1 Å². The van der Waals surface area contributed by atoms with Crippen molar-refractivity contribution >= 4 is 47.1 Å². The van der Waals surface area contributed by atoms with Crippen LogP contribution in [0.4, 0.5) is 0 Å². The second-order valence-corrected chi connectivity index (χ2v) is 8.88. The average Bonchev–Trinajstić information content (AvgIpc) is 3.24. The molecule has 0 saturated carbocycles. The molecule has 0 bridgehead atoms. The van der Waals surface area contributed by atoms with Crippen LogP contribution in [0.25, 0.3) is 17.1 Å². The monoisotopic (exact) mass is 495 g/mol. The molecule has 1 N–H and O–H groups in total. The van der Waals surface area contributed by atoms with Crippen molar-refractivity contribution in [2.75, 3.05) is 5.75 Å². The number of carbonyl (C=O) groups excluding carboxylic acids is 1. The van der Waals surface area contributed by atoms with Crippen LogP contribution in [0.2, 0.25) is 10.0 Å². The van der Waals surface area contributed by atoms with Gasteiger partial charge in [-0.2, -0.15) is 5.10 Å². The summed E-state index contributed by atoms with van der Waals surface area (Å²) in [6.07, 6.45) is 1.48. The molecule has 0 aliphatic rings. The molecule has 0 atom stereocenters. The molecule has 166 valence electrons. The maximum atomic E-state index is 12.4. The first-order valence-electron chi connectivity index (χ1n) is 9.99. The number of hydrazone groups is 1. The number of aryl methyl sites for hydroxylation is 1. The Morgan fingerprint density at radius 1 is 1.06 bits per heavy atom. The van der Waals surface area contributed by atoms with Crippen molar-refractivity contribution < 1.29 is 4.79 Å². The Bertz CT molecular complexity index is 1290. The first-order valence-corrected chi connectivity index (χ1v) is 11.7. The number of para-hydroxylation sites is 1. The lowest BCUT2D eigenvalue weighted by molar-refractivity contribution is -0.118. The molecule has 33 heavy (non-hydrogen) atoms. The lowest BCUT2D eigenvalue weighted by atomic mass is 10.1. The maximum Gasteiger partial charge on any atom is 0.250 e. The molecule has 0 fully saturated rings. The molecule has 1 aromatic heterocycles. The van der Waals surface area contributed by atoms with Gasteiger partial charge in [0.25, 0.3) is 5.91 Å². The van der Waals surface area contributed by atoms with Gasteiger partial charge >= 0.3 is 0 Å². The first kappa shape index (κ1) is 23.0. The van der Waals surface area contributed by atoms with Crippen LogP contribution in [0, 0.1) is 6.92 Å². The number of amides is 1. The Kier molecular flexibility index (Phi) is 7.44. The second kappa shape index (κ2) is 10.7. The highest BCUT2D eigenvalue weighted by Gasteiger charge is 2.17. The van der Waals surface area contributed by atoms with Gasteiger partial charge in [-0.1, -0.05) is 89.1 Å². The van der Waals surface area contributed by atoms with Crippen LogP contribution in [-0.4, -0.2) is 32.6 Å². The number of nitrogens with zero attached hydrogens (tertiary/aromatic N) is 4. The van der Waals surface area contributed by atoms with Crippen LogP contribution < -0.4 is 5.43 Å². The molecule has 1 amide bonds. The number of carbonyl (C=O) groups is 1. The normalized spacial score (nSPS) is 11.1. The zero-order valence-electron chi connectivity index (χ0n) is 17.6. The summed E-state index contributed by atoms with van der Waals surface area (Å²) >= 11 is 13.3. The molecule has 1 heterocycles. The van der Waals surface area contributed by atoms with Gasteiger partial charge in [-0.05, 0) is 31.2 Å². The lowest BCUT2D eigenvalue weighted by Gasteiger charge is -2.10. The predicted octanol–water partition coefficient (Wildman–Crippen LogP) is 5.79. The number of thioether (sulfide) groups is 1. The Morgan fingerprint density at radius 3 is 2.55 bits per heavy atom. The summed E-state index contributed by atoms with van der Waals surface area (Å²) < 4.78 is 1.94. The van der Waals surface area contributed by atoms with Crippen molar-refractivity contribution in [3.63, 3.8) is 0 Å². The molecule has 0 aliphatic heterocycles. The SMILES string of the molecule is Cc1ccc(-c2nnc(SCC(=O)NN=Cc3ccc(Cl)cc3Cl)n2-c2ccccc2)cc1. The number of hydrogen-bond acceptors (Lipinski definition) is 5. The summed E-state index contributed by atoms with van der Waals surface area (Å²) in [5.74, 6) is 0.547. The number of aromatic nitrogens is 3. The van der Waals surface area contributed by atoms with Gasteiger partial charge in [-0.25, -0.2) is 5.43 Å². The zero-order chi connectivity index (χ0) is 23.2. The van der Waals surface area contributed by atoms with E-state index in [1.165, 1.54) is 18.0 Å². The summed E-state index contributed by atoms with van der Waals surface area (Å²) in [6.45, 7) is 2.04. The van der Waals surface area contributed by atoms with Crippen LogP contribution in [0.1, 0.15) is 11.1 Å². The minimum Gasteiger partial charge on any atom is -0.272 e. The topological polar surface area (TPSA) is 72.2 Å². The minimum atomic E-state index is -0.277.